The summed E-state index contributed by atoms with van der Waals surface area (Å²) in [4.78, 5) is 31.4. The Morgan fingerprint density at radius 1 is 1.10 bits per heavy atom. The smallest absolute Gasteiger partial charge is 0.407 e. The van der Waals surface area contributed by atoms with Gasteiger partial charge in [-0.3, -0.25) is 4.79 Å². The highest BCUT2D eigenvalue weighted by Crippen LogP contribution is 2.37. The van der Waals surface area contributed by atoms with Crippen molar-refractivity contribution in [1.29, 1.82) is 0 Å². The second-order valence-corrected chi connectivity index (χ2v) is 11.4. The van der Waals surface area contributed by atoms with Crippen LogP contribution in [0.1, 0.15) is 39.2 Å². The maximum absolute atomic E-state index is 15.0. The van der Waals surface area contributed by atoms with E-state index in [-0.39, 0.29) is 40.2 Å². The molecule has 2 aromatic carbocycles. The van der Waals surface area contributed by atoms with Crippen LogP contribution in [0.15, 0.2) is 63.8 Å². The molecular formula is C31H33F2N5O4. The average molecular weight is 578 g/mol. The quantitative estimate of drug-likeness (QED) is 0.305. The van der Waals surface area contributed by atoms with Gasteiger partial charge in [0.25, 0.3) is 11.6 Å². The van der Waals surface area contributed by atoms with Gasteiger partial charge in [-0.05, 0) is 76.3 Å². The Bertz CT molecular complexity index is 1650. The molecular weight excluding hydrogens is 544 g/mol. The summed E-state index contributed by atoms with van der Waals surface area (Å²) in [5, 5.41) is 7.38. The zero-order chi connectivity index (χ0) is 30.0. The molecule has 0 bridgehead atoms. The second-order valence-electron chi connectivity index (χ2n) is 11.4. The number of rotatable bonds is 6. The van der Waals surface area contributed by atoms with Crippen molar-refractivity contribution in [3.63, 3.8) is 0 Å². The summed E-state index contributed by atoms with van der Waals surface area (Å²) in [5.74, 6) is -1.12. The molecule has 42 heavy (non-hydrogen) atoms. The fraction of sp³-hybridized carbons (Fsp3) is 0.355. The van der Waals surface area contributed by atoms with Crippen LogP contribution in [0.25, 0.3) is 28.4 Å². The van der Waals surface area contributed by atoms with Crippen LogP contribution in [0.5, 0.6) is 0 Å². The van der Waals surface area contributed by atoms with Gasteiger partial charge in [0.1, 0.15) is 28.6 Å². The molecule has 0 aliphatic carbocycles. The van der Waals surface area contributed by atoms with Crippen molar-refractivity contribution in [3.05, 3.63) is 82.1 Å². The van der Waals surface area contributed by atoms with Crippen LogP contribution < -0.4 is 15.8 Å². The number of amides is 1. The Hall–Kier alpha value is -4.54. The van der Waals surface area contributed by atoms with Crippen LogP contribution in [-0.2, 0) is 4.74 Å². The number of halogens is 2. The number of oxazole rings is 1. The van der Waals surface area contributed by atoms with Crippen LogP contribution in [0.2, 0.25) is 0 Å². The number of para-hydroxylation sites is 1. The standard InChI is InChI=1S/C31H33F2N5O4/c1-19-7-5-6-8-25(19)38-26(39)12-11-24(36-38)28-27(22-10-9-21(32)17-23(22)33)35-29(41-28)37-15-13-20(14-16-37)18-34-30(40)42-31(2,3)4/h5-12,17,20H,13-16,18H2,1-4H3,(H,34,40). The Balaban J connectivity index is 1.44. The number of ether oxygens (including phenoxy) is 1. The maximum Gasteiger partial charge on any atom is 0.407 e. The van der Waals surface area contributed by atoms with E-state index >= 15 is 0 Å². The highest BCUT2D eigenvalue weighted by molar-refractivity contribution is 5.76. The van der Waals surface area contributed by atoms with Gasteiger partial charge in [-0.1, -0.05) is 18.2 Å². The van der Waals surface area contributed by atoms with Gasteiger partial charge in [-0.25, -0.2) is 13.6 Å². The molecule has 0 spiro atoms. The Labute approximate surface area is 242 Å². The third-order valence-corrected chi connectivity index (χ3v) is 7.00. The number of nitrogens with zero attached hydrogens (tertiary/aromatic N) is 4. The van der Waals surface area contributed by atoms with Gasteiger partial charge in [-0.2, -0.15) is 14.8 Å². The lowest BCUT2D eigenvalue weighted by Crippen LogP contribution is -2.40. The van der Waals surface area contributed by atoms with Gasteiger partial charge in [0.05, 0.1) is 5.69 Å². The minimum absolute atomic E-state index is 0.0493. The number of alkyl carbamates (subject to hydrolysis) is 1. The molecule has 1 amide bonds. The molecule has 1 N–H and O–H groups in total. The van der Waals surface area contributed by atoms with E-state index in [4.69, 9.17) is 9.15 Å². The fourth-order valence-electron chi connectivity index (χ4n) is 4.86. The number of benzene rings is 2. The summed E-state index contributed by atoms with van der Waals surface area (Å²) in [5.41, 5.74) is 1.00. The van der Waals surface area contributed by atoms with Crippen LogP contribution in [0.4, 0.5) is 19.6 Å². The highest BCUT2D eigenvalue weighted by Gasteiger charge is 2.28. The third kappa shape index (κ3) is 6.50. The fourth-order valence-corrected chi connectivity index (χ4v) is 4.86. The first-order chi connectivity index (χ1) is 20.0. The zero-order valence-corrected chi connectivity index (χ0v) is 24.0. The maximum atomic E-state index is 15.0. The van der Waals surface area contributed by atoms with E-state index in [2.05, 4.69) is 15.4 Å². The first-order valence-electron chi connectivity index (χ1n) is 13.8. The predicted molar refractivity (Wildman–Crippen MR) is 155 cm³/mol. The van der Waals surface area contributed by atoms with Crippen molar-refractivity contribution in [1.82, 2.24) is 20.1 Å². The van der Waals surface area contributed by atoms with Crippen molar-refractivity contribution < 1.29 is 22.7 Å². The lowest BCUT2D eigenvalue weighted by Gasteiger charge is -2.31. The van der Waals surface area contributed by atoms with Gasteiger partial charge in [-0.15, -0.1) is 0 Å². The van der Waals surface area contributed by atoms with Crippen LogP contribution >= 0.6 is 0 Å². The molecule has 1 aliphatic rings. The van der Waals surface area contributed by atoms with Gasteiger partial charge in [0, 0.05) is 37.3 Å². The Morgan fingerprint density at radius 2 is 1.83 bits per heavy atom. The van der Waals surface area contributed by atoms with Crippen LogP contribution in [-0.4, -0.2) is 46.1 Å². The predicted octanol–water partition coefficient (Wildman–Crippen LogP) is 5.88. The SMILES string of the molecule is Cc1ccccc1-n1nc(-c2oc(N3CCC(CNC(=O)OC(C)(C)C)CC3)nc2-c2ccc(F)cc2F)ccc1=O. The molecule has 1 aliphatic heterocycles. The Kier molecular flexibility index (Phi) is 8.11. The summed E-state index contributed by atoms with van der Waals surface area (Å²) in [6.07, 6.45) is 1.06. The average Bonchev–Trinajstić information content (AvgIpc) is 3.37. The van der Waals surface area contributed by atoms with E-state index in [0.29, 0.717) is 25.3 Å². The third-order valence-electron chi connectivity index (χ3n) is 7.00. The number of hydrogen-bond donors (Lipinski definition) is 1. The van der Waals surface area contributed by atoms with E-state index in [1.165, 1.54) is 22.9 Å². The van der Waals surface area contributed by atoms with Crippen molar-refractivity contribution in [3.8, 4) is 28.4 Å². The van der Waals surface area contributed by atoms with Crippen molar-refractivity contribution in [2.75, 3.05) is 24.5 Å². The normalized spacial score (nSPS) is 14.2. The Morgan fingerprint density at radius 3 is 2.52 bits per heavy atom. The van der Waals surface area contributed by atoms with Gasteiger partial charge < -0.3 is 19.4 Å². The number of aryl methyl sites for hydroxylation is 1. The van der Waals surface area contributed by atoms with Crippen LogP contribution in [0, 0.1) is 24.5 Å². The molecule has 220 valence electrons. The lowest BCUT2D eigenvalue weighted by molar-refractivity contribution is 0.0516. The number of hydrogen-bond acceptors (Lipinski definition) is 7. The lowest BCUT2D eigenvalue weighted by atomic mass is 9.97. The minimum Gasteiger partial charge on any atom is -0.444 e. The largest absolute Gasteiger partial charge is 0.444 e. The molecule has 0 saturated carbocycles. The number of piperidine rings is 1. The summed E-state index contributed by atoms with van der Waals surface area (Å²) in [6, 6.07) is 13.7. The molecule has 3 heterocycles. The molecule has 9 nitrogen and oxygen atoms in total. The van der Waals surface area contributed by atoms with E-state index < -0.39 is 23.3 Å². The summed E-state index contributed by atoms with van der Waals surface area (Å²) >= 11 is 0. The van der Waals surface area contributed by atoms with Gasteiger partial charge in [0.2, 0.25) is 0 Å². The molecule has 2 aromatic heterocycles. The number of carbonyl (C=O) groups excluding carboxylic acids is 1. The number of carbonyl (C=O) groups is 1. The highest BCUT2D eigenvalue weighted by atomic mass is 19.1. The zero-order valence-electron chi connectivity index (χ0n) is 24.0. The monoisotopic (exact) mass is 577 g/mol. The number of aromatic nitrogens is 3. The topological polar surface area (TPSA) is 102 Å². The summed E-state index contributed by atoms with van der Waals surface area (Å²) in [7, 11) is 0. The second kappa shape index (κ2) is 11.8. The van der Waals surface area contributed by atoms with E-state index in [1.54, 1.807) is 6.07 Å². The first kappa shape index (κ1) is 29.0. The molecule has 5 rings (SSSR count). The molecule has 0 atom stereocenters. The first-order valence-corrected chi connectivity index (χ1v) is 13.8. The van der Waals surface area contributed by atoms with E-state index in [0.717, 1.165) is 30.5 Å². The molecule has 11 heteroatoms. The van der Waals surface area contributed by atoms with E-state index in [1.807, 2.05) is 50.8 Å². The molecule has 1 saturated heterocycles. The van der Waals surface area contributed by atoms with Crippen LogP contribution in [0.3, 0.4) is 0 Å². The summed E-state index contributed by atoms with van der Waals surface area (Å²) < 4.78 is 41.6. The number of nitrogens with one attached hydrogen (secondary N) is 1. The van der Waals surface area contributed by atoms with E-state index in [9.17, 15) is 18.4 Å². The van der Waals surface area contributed by atoms with Crippen molar-refractivity contribution in [2.24, 2.45) is 5.92 Å². The molecule has 1 fully saturated rings. The molecule has 0 unspecified atom stereocenters. The molecule has 0 radical (unpaired) electrons. The minimum atomic E-state index is -0.796. The molecule has 4 aromatic rings. The van der Waals surface area contributed by atoms with Crippen molar-refractivity contribution >= 4 is 12.1 Å². The van der Waals surface area contributed by atoms with Gasteiger partial charge >= 0.3 is 6.09 Å². The number of anilines is 1. The van der Waals surface area contributed by atoms with Gasteiger partial charge in [0.15, 0.2) is 5.76 Å². The summed E-state index contributed by atoms with van der Waals surface area (Å²) in [6.45, 7) is 8.96. The van der Waals surface area contributed by atoms with Crippen molar-refractivity contribution in [2.45, 2.75) is 46.1 Å².